The zero-order valence-corrected chi connectivity index (χ0v) is 18.7. The molecule has 3 rings (SSSR count). The third-order valence-electron chi connectivity index (χ3n) is 4.46. The van der Waals surface area contributed by atoms with Gasteiger partial charge in [-0.2, -0.15) is 0 Å². The maximum absolute atomic E-state index is 13.0. The molecule has 0 saturated heterocycles. The highest BCUT2D eigenvalue weighted by atomic mass is 79.9. The maximum atomic E-state index is 13.0. The Hall–Kier alpha value is -2.64. The van der Waals surface area contributed by atoms with Crippen LogP contribution in [0.1, 0.15) is 43.6 Å². The molecule has 0 aliphatic heterocycles. The molecule has 0 aliphatic carbocycles. The van der Waals surface area contributed by atoms with Gasteiger partial charge in [0.2, 0.25) is 5.78 Å². The van der Waals surface area contributed by atoms with Crippen molar-refractivity contribution in [2.24, 2.45) is 0 Å². The number of hydrogen-bond acceptors (Lipinski definition) is 6. The average molecular weight is 473 g/mol. The van der Waals surface area contributed by atoms with E-state index in [4.69, 9.17) is 10.5 Å². The van der Waals surface area contributed by atoms with Crippen LogP contribution >= 0.6 is 27.3 Å². The fraction of sp³-hybridized carbons (Fsp3) is 0.182. The lowest BCUT2D eigenvalue weighted by Gasteiger charge is -2.12. The van der Waals surface area contributed by atoms with Crippen molar-refractivity contribution in [2.45, 2.75) is 20.8 Å². The highest BCUT2D eigenvalue weighted by Gasteiger charge is 2.27. The van der Waals surface area contributed by atoms with E-state index in [0.717, 1.165) is 32.6 Å². The molecule has 0 radical (unpaired) electrons. The van der Waals surface area contributed by atoms with Gasteiger partial charge in [-0.05, 0) is 56.2 Å². The third-order valence-corrected chi connectivity index (χ3v) is 6.11. The molecule has 150 valence electrons. The second kappa shape index (κ2) is 8.80. The molecule has 0 aliphatic rings. The smallest absolute Gasteiger partial charge is 0.343 e. The van der Waals surface area contributed by atoms with Gasteiger partial charge in [0.1, 0.15) is 15.4 Å². The van der Waals surface area contributed by atoms with Crippen LogP contribution < -0.4 is 11.1 Å². The number of nitrogens with two attached hydrogens (primary N) is 1. The lowest BCUT2D eigenvalue weighted by molar-refractivity contribution is 0.0529. The molecule has 0 saturated carbocycles. The van der Waals surface area contributed by atoms with Crippen molar-refractivity contribution in [3.05, 3.63) is 74.1 Å². The molecule has 0 atom stereocenters. The predicted octanol–water partition coefficient (Wildman–Crippen LogP) is 5.86. The Bertz CT molecular complexity index is 1050. The van der Waals surface area contributed by atoms with Gasteiger partial charge in [0.05, 0.1) is 12.3 Å². The molecule has 0 amide bonds. The van der Waals surface area contributed by atoms with E-state index in [1.165, 1.54) is 0 Å². The average Bonchev–Trinajstić information content (AvgIpc) is 3.01. The summed E-state index contributed by atoms with van der Waals surface area (Å²) in [6.07, 6.45) is 0. The first kappa shape index (κ1) is 21.1. The minimum Gasteiger partial charge on any atom is -0.462 e. The maximum Gasteiger partial charge on any atom is 0.343 e. The van der Waals surface area contributed by atoms with E-state index in [-0.39, 0.29) is 23.6 Å². The monoisotopic (exact) mass is 472 g/mol. The second-order valence-corrected chi connectivity index (χ2v) is 8.43. The molecule has 3 aromatic rings. The Balaban J connectivity index is 2.10. The summed E-state index contributed by atoms with van der Waals surface area (Å²) >= 11 is 4.52. The topological polar surface area (TPSA) is 81.4 Å². The van der Waals surface area contributed by atoms with E-state index in [1.54, 1.807) is 31.2 Å². The van der Waals surface area contributed by atoms with Crippen molar-refractivity contribution >= 4 is 55.4 Å². The Morgan fingerprint density at radius 2 is 1.72 bits per heavy atom. The van der Waals surface area contributed by atoms with Crippen molar-refractivity contribution in [3.8, 4) is 0 Å². The molecule has 2 aromatic carbocycles. The number of esters is 1. The van der Waals surface area contributed by atoms with Crippen molar-refractivity contribution in [1.29, 1.82) is 0 Å². The van der Waals surface area contributed by atoms with Crippen molar-refractivity contribution in [3.63, 3.8) is 0 Å². The SMILES string of the molecule is CCOC(=O)c1c(Nc2c(C)cccc2C)sc(C(=O)c2ccc(Br)cc2)c1N. The van der Waals surface area contributed by atoms with Gasteiger partial charge in [-0.25, -0.2) is 4.79 Å². The molecule has 1 heterocycles. The van der Waals surface area contributed by atoms with Crippen LogP contribution in [0.5, 0.6) is 0 Å². The Labute approximate surface area is 182 Å². The fourth-order valence-corrected chi connectivity index (χ4v) is 4.30. The summed E-state index contributed by atoms with van der Waals surface area (Å²) in [5.41, 5.74) is 10.0. The highest BCUT2D eigenvalue weighted by Crippen LogP contribution is 2.40. The summed E-state index contributed by atoms with van der Waals surface area (Å²) in [6.45, 7) is 5.90. The number of rotatable bonds is 6. The number of nitrogens with one attached hydrogen (secondary N) is 1. The number of ether oxygens (including phenoxy) is 1. The number of ketones is 1. The van der Waals surface area contributed by atoms with Crippen LogP contribution in [-0.2, 0) is 4.74 Å². The van der Waals surface area contributed by atoms with Gasteiger partial charge in [0.25, 0.3) is 0 Å². The molecule has 0 bridgehead atoms. The summed E-state index contributed by atoms with van der Waals surface area (Å²) in [5, 5.41) is 3.80. The molecule has 0 unspecified atom stereocenters. The van der Waals surface area contributed by atoms with Crippen molar-refractivity contribution in [1.82, 2.24) is 0 Å². The Morgan fingerprint density at radius 3 is 2.31 bits per heavy atom. The molecule has 0 spiro atoms. The first-order valence-corrected chi connectivity index (χ1v) is 10.7. The number of benzene rings is 2. The zero-order chi connectivity index (χ0) is 21.1. The number of nitrogen functional groups attached to an aromatic ring is 1. The van der Waals surface area contributed by atoms with E-state index in [1.807, 2.05) is 32.0 Å². The lowest BCUT2D eigenvalue weighted by Crippen LogP contribution is -2.10. The van der Waals surface area contributed by atoms with Crippen LogP contribution in [-0.4, -0.2) is 18.4 Å². The molecular formula is C22H21BrN2O3S. The van der Waals surface area contributed by atoms with Gasteiger partial charge < -0.3 is 15.8 Å². The van der Waals surface area contributed by atoms with E-state index < -0.39 is 5.97 Å². The number of thiophene rings is 1. The minimum atomic E-state index is -0.551. The van der Waals surface area contributed by atoms with Gasteiger partial charge in [0, 0.05) is 15.7 Å². The van der Waals surface area contributed by atoms with Crippen molar-refractivity contribution < 1.29 is 14.3 Å². The van der Waals surface area contributed by atoms with Crippen LogP contribution in [0.25, 0.3) is 0 Å². The van der Waals surface area contributed by atoms with Crippen LogP contribution in [0.4, 0.5) is 16.4 Å². The normalized spacial score (nSPS) is 10.6. The van der Waals surface area contributed by atoms with E-state index >= 15 is 0 Å². The first-order valence-electron chi connectivity index (χ1n) is 9.06. The molecule has 0 fully saturated rings. The van der Waals surface area contributed by atoms with Crippen LogP contribution in [0.15, 0.2) is 46.9 Å². The number of carbonyl (C=O) groups excluding carboxylic acids is 2. The van der Waals surface area contributed by atoms with Gasteiger partial charge in [-0.15, -0.1) is 11.3 Å². The third kappa shape index (κ3) is 4.36. The van der Waals surface area contributed by atoms with E-state index in [0.29, 0.717) is 15.4 Å². The second-order valence-electron chi connectivity index (χ2n) is 6.50. The number of anilines is 3. The van der Waals surface area contributed by atoms with E-state index in [9.17, 15) is 9.59 Å². The van der Waals surface area contributed by atoms with Gasteiger partial charge in [0.15, 0.2) is 0 Å². The summed E-state index contributed by atoms with van der Waals surface area (Å²) in [6, 6.07) is 12.9. The highest BCUT2D eigenvalue weighted by molar-refractivity contribution is 9.10. The predicted molar refractivity (Wildman–Crippen MR) is 121 cm³/mol. The van der Waals surface area contributed by atoms with Gasteiger partial charge in [-0.1, -0.05) is 34.1 Å². The number of hydrogen-bond donors (Lipinski definition) is 2. The first-order chi connectivity index (χ1) is 13.8. The molecule has 3 N–H and O–H groups in total. The zero-order valence-electron chi connectivity index (χ0n) is 16.3. The quantitative estimate of drug-likeness (QED) is 0.346. The van der Waals surface area contributed by atoms with Gasteiger partial charge >= 0.3 is 5.97 Å². The Kier molecular flexibility index (Phi) is 6.39. The number of carbonyl (C=O) groups is 2. The van der Waals surface area contributed by atoms with Crippen LogP contribution in [0.2, 0.25) is 0 Å². The standard InChI is InChI=1S/C22H21BrN2O3S/c1-4-28-22(27)16-17(24)20(19(26)14-8-10-15(23)11-9-14)29-21(16)25-18-12(2)6-5-7-13(18)3/h5-11,25H,4,24H2,1-3H3. The van der Waals surface area contributed by atoms with E-state index in [2.05, 4.69) is 21.2 Å². The largest absolute Gasteiger partial charge is 0.462 e. The molecule has 5 nitrogen and oxygen atoms in total. The number of aryl methyl sites for hydroxylation is 2. The lowest BCUT2D eigenvalue weighted by atomic mass is 10.1. The van der Waals surface area contributed by atoms with Crippen LogP contribution in [0, 0.1) is 13.8 Å². The minimum absolute atomic E-state index is 0.134. The summed E-state index contributed by atoms with van der Waals surface area (Å²) in [7, 11) is 0. The number of para-hydroxylation sites is 1. The summed E-state index contributed by atoms with van der Waals surface area (Å²) < 4.78 is 6.07. The molecule has 1 aromatic heterocycles. The summed E-state index contributed by atoms with van der Waals surface area (Å²) in [5.74, 6) is -0.787. The van der Waals surface area contributed by atoms with Gasteiger partial charge in [-0.3, -0.25) is 4.79 Å². The molecule has 7 heteroatoms. The number of halogens is 1. The fourth-order valence-electron chi connectivity index (χ4n) is 2.96. The Morgan fingerprint density at radius 1 is 1.10 bits per heavy atom. The van der Waals surface area contributed by atoms with Crippen LogP contribution in [0.3, 0.4) is 0 Å². The molecular weight excluding hydrogens is 452 g/mol. The summed E-state index contributed by atoms with van der Waals surface area (Å²) in [4.78, 5) is 26.0. The molecule has 29 heavy (non-hydrogen) atoms. The van der Waals surface area contributed by atoms with Crippen molar-refractivity contribution in [2.75, 3.05) is 17.7 Å².